The number of benzene rings is 1. The molecule has 1 aliphatic rings. The van der Waals surface area contributed by atoms with Crippen molar-refractivity contribution in [3.05, 3.63) is 29.8 Å². The molecule has 5 nitrogen and oxygen atoms in total. The van der Waals surface area contributed by atoms with E-state index < -0.39 is 0 Å². The largest absolute Gasteiger partial charge is 0.484 e. The Kier molecular flexibility index (Phi) is 4.76. The normalized spacial score (nSPS) is 17.7. The van der Waals surface area contributed by atoms with Gasteiger partial charge in [-0.25, -0.2) is 0 Å². The van der Waals surface area contributed by atoms with Gasteiger partial charge in [-0.15, -0.1) is 0 Å². The standard InChI is InChI=1S/C14H16N2O3/c15-8-11-3-1-4-12(7-11)19-10-14(17)16-9-13-5-2-6-18-13/h1,3-4,7,13H,2,5-6,9-10H2,(H,16,17)/t13-/m0/s1. The minimum Gasteiger partial charge on any atom is -0.484 e. The average molecular weight is 260 g/mol. The summed E-state index contributed by atoms with van der Waals surface area (Å²) in [5.41, 5.74) is 0.511. The molecule has 1 heterocycles. The molecule has 1 N–H and O–H groups in total. The lowest BCUT2D eigenvalue weighted by atomic mass is 10.2. The van der Waals surface area contributed by atoms with Crippen molar-refractivity contribution in [3.8, 4) is 11.8 Å². The molecule has 19 heavy (non-hydrogen) atoms. The molecule has 1 fully saturated rings. The highest BCUT2D eigenvalue weighted by molar-refractivity contribution is 5.77. The van der Waals surface area contributed by atoms with Crippen molar-refractivity contribution in [1.82, 2.24) is 5.32 Å². The van der Waals surface area contributed by atoms with Crippen LogP contribution < -0.4 is 10.1 Å². The van der Waals surface area contributed by atoms with Crippen molar-refractivity contribution in [1.29, 1.82) is 5.26 Å². The van der Waals surface area contributed by atoms with Crippen LogP contribution in [0.5, 0.6) is 5.75 Å². The Balaban J connectivity index is 1.72. The second-order valence-electron chi connectivity index (χ2n) is 4.37. The molecular formula is C14H16N2O3. The second-order valence-corrected chi connectivity index (χ2v) is 4.37. The Hall–Kier alpha value is -2.06. The number of ether oxygens (including phenoxy) is 2. The van der Waals surface area contributed by atoms with E-state index in [1.165, 1.54) is 0 Å². The maximum atomic E-state index is 11.6. The predicted molar refractivity (Wildman–Crippen MR) is 68.6 cm³/mol. The van der Waals surface area contributed by atoms with E-state index in [-0.39, 0.29) is 18.6 Å². The molecule has 1 amide bonds. The van der Waals surface area contributed by atoms with Crippen molar-refractivity contribution >= 4 is 5.91 Å². The van der Waals surface area contributed by atoms with Gasteiger partial charge in [0.2, 0.25) is 0 Å². The maximum Gasteiger partial charge on any atom is 0.258 e. The average Bonchev–Trinajstić information content (AvgIpc) is 2.96. The summed E-state index contributed by atoms with van der Waals surface area (Å²) in [4.78, 5) is 11.6. The van der Waals surface area contributed by atoms with E-state index in [0.717, 1.165) is 19.4 Å². The first kappa shape index (κ1) is 13.4. The summed E-state index contributed by atoms with van der Waals surface area (Å²) in [6, 6.07) is 8.75. The highest BCUT2D eigenvalue weighted by Crippen LogP contribution is 2.12. The van der Waals surface area contributed by atoms with Gasteiger partial charge in [0.05, 0.1) is 17.7 Å². The zero-order chi connectivity index (χ0) is 13.5. The number of hydrogen-bond acceptors (Lipinski definition) is 4. The first-order valence-electron chi connectivity index (χ1n) is 6.29. The fourth-order valence-electron chi connectivity index (χ4n) is 1.89. The van der Waals surface area contributed by atoms with Gasteiger partial charge in [0.1, 0.15) is 5.75 Å². The van der Waals surface area contributed by atoms with Gasteiger partial charge in [-0.2, -0.15) is 5.26 Å². The molecule has 5 heteroatoms. The van der Waals surface area contributed by atoms with Gasteiger partial charge < -0.3 is 14.8 Å². The molecule has 0 bridgehead atoms. The van der Waals surface area contributed by atoms with Gasteiger partial charge in [-0.3, -0.25) is 4.79 Å². The number of hydrogen-bond donors (Lipinski definition) is 1. The van der Waals surface area contributed by atoms with Crippen molar-refractivity contribution in [3.63, 3.8) is 0 Å². The third kappa shape index (κ3) is 4.27. The van der Waals surface area contributed by atoms with E-state index in [0.29, 0.717) is 17.9 Å². The van der Waals surface area contributed by atoms with Crippen LogP contribution in [0.2, 0.25) is 0 Å². The lowest BCUT2D eigenvalue weighted by molar-refractivity contribution is -0.123. The number of nitriles is 1. The van der Waals surface area contributed by atoms with Gasteiger partial charge >= 0.3 is 0 Å². The number of nitrogens with zero attached hydrogens (tertiary/aromatic N) is 1. The second kappa shape index (κ2) is 6.76. The van der Waals surface area contributed by atoms with Crippen LogP contribution in [0.4, 0.5) is 0 Å². The fraction of sp³-hybridized carbons (Fsp3) is 0.429. The molecule has 0 radical (unpaired) electrons. The Morgan fingerprint density at radius 3 is 3.21 bits per heavy atom. The Morgan fingerprint density at radius 2 is 2.47 bits per heavy atom. The van der Waals surface area contributed by atoms with E-state index in [2.05, 4.69) is 5.32 Å². The highest BCUT2D eigenvalue weighted by atomic mass is 16.5. The number of carbonyl (C=O) groups excluding carboxylic acids is 1. The van der Waals surface area contributed by atoms with Gasteiger partial charge in [0.15, 0.2) is 6.61 Å². The molecule has 1 aromatic rings. The van der Waals surface area contributed by atoms with E-state index in [1.54, 1.807) is 24.3 Å². The molecule has 0 aromatic heterocycles. The van der Waals surface area contributed by atoms with Gasteiger partial charge in [-0.05, 0) is 31.0 Å². The number of amides is 1. The van der Waals surface area contributed by atoms with Crippen molar-refractivity contribution < 1.29 is 14.3 Å². The molecule has 0 saturated carbocycles. The van der Waals surface area contributed by atoms with Gasteiger partial charge in [0, 0.05) is 13.2 Å². The Morgan fingerprint density at radius 1 is 1.58 bits per heavy atom. The number of carbonyl (C=O) groups is 1. The molecule has 0 spiro atoms. The van der Waals surface area contributed by atoms with Crippen LogP contribution in [-0.4, -0.2) is 31.8 Å². The summed E-state index contributed by atoms with van der Waals surface area (Å²) < 4.78 is 10.7. The minimum atomic E-state index is -0.183. The summed E-state index contributed by atoms with van der Waals surface area (Å²) in [6.07, 6.45) is 2.18. The molecule has 1 aliphatic heterocycles. The summed E-state index contributed by atoms with van der Waals surface area (Å²) in [6.45, 7) is 1.25. The summed E-state index contributed by atoms with van der Waals surface area (Å²) in [5, 5.41) is 11.5. The summed E-state index contributed by atoms with van der Waals surface area (Å²) in [5.74, 6) is 0.337. The topological polar surface area (TPSA) is 71.3 Å². The molecule has 0 unspecified atom stereocenters. The summed E-state index contributed by atoms with van der Waals surface area (Å²) in [7, 11) is 0. The smallest absolute Gasteiger partial charge is 0.258 e. The molecule has 100 valence electrons. The third-order valence-corrected chi connectivity index (χ3v) is 2.88. The van der Waals surface area contributed by atoms with Crippen LogP contribution in [0.3, 0.4) is 0 Å². The van der Waals surface area contributed by atoms with E-state index in [1.807, 2.05) is 6.07 Å². The van der Waals surface area contributed by atoms with Crippen molar-refractivity contribution in [2.24, 2.45) is 0 Å². The first-order valence-corrected chi connectivity index (χ1v) is 6.29. The molecule has 2 rings (SSSR count). The minimum absolute atomic E-state index is 0.0540. The zero-order valence-corrected chi connectivity index (χ0v) is 10.6. The van der Waals surface area contributed by atoms with Gasteiger partial charge in [0.25, 0.3) is 5.91 Å². The van der Waals surface area contributed by atoms with Crippen LogP contribution >= 0.6 is 0 Å². The maximum absolute atomic E-state index is 11.6. The van der Waals surface area contributed by atoms with Crippen LogP contribution in [-0.2, 0) is 9.53 Å². The zero-order valence-electron chi connectivity index (χ0n) is 10.6. The number of rotatable bonds is 5. The Labute approximate surface area is 112 Å². The summed E-state index contributed by atoms with van der Waals surface area (Å²) >= 11 is 0. The van der Waals surface area contributed by atoms with E-state index in [4.69, 9.17) is 14.7 Å². The van der Waals surface area contributed by atoms with Crippen LogP contribution in [0, 0.1) is 11.3 Å². The molecule has 1 atom stereocenters. The molecule has 1 saturated heterocycles. The van der Waals surface area contributed by atoms with Gasteiger partial charge in [-0.1, -0.05) is 6.07 Å². The fourth-order valence-corrected chi connectivity index (χ4v) is 1.89. The lowest BCUT2D eigenvalue weighted by Crippen LogP contribution is -2.35. The van der Waals surface area contributed by atoms with E-state index >= 15 is 0 Å². The highest BCUT2D eigenvalue weighted by Gasteiger charge is 2.16. The lowest BCUT2D eigenvalue weighted by Gasteiger charge is -2.11. The first-order chi connectivity index (χ1) is 9.28. The predicted octanol–water partition coefficient (Wildman–Crippen LogP) is 1.23. The Bertz CT molecular complexity index is 476. The van der Waals surface area contributed by atoms with Crippen molar-refractivity contribution in [2.75, 3.05) is 19.8 Å². The molecule has 0 aliphatic carbocycles. The van der Waals surface area contributed by atoms with Crippen LogP contribution in [0.15, 0.2) is 24.3 Å². The number of nitrogens with one attached hydrogen (secondary N) is 1. The third-order valence-electron chi connectivity index (χ3n) is 2.88. The van der Waals surface area contributed by atoms with E-state index in [9.17, 15) is 4.79 Å². The SMILES string of the molecule is N#Cc1cccc(OCC(=O)NC[C@@H]2CCCO2)c1. The molecule has 1 aromatic carbocycles. The molecular weight excluding hydrogens is 244 g/mol. The van der Waals surface area contributed by atoms with Crippen molar-refractivity contribution in [2.45, 2.75) is 18.9 Å². The quantitative estimate of drug-likeness (QED) is 0.864. The van der Waals surface area contributed by atoms with Crippen LogP contribution in [0.1, 0.15) is 18.4 Å². The monoisotopic (exact) mass is 260 g/mol. The van der Waals surface area contributed by atoms with Crippen LogP contribution in [0.25, 0.3) is 0 Å².